The van der Waals surface area contributed by atoms with E-state index in [1.165, 1.54) is 83.5 Å². The van der Waals surface area contributed by atoms with E-state index in [0.717, 1.165) is 70.6 Å². The molecule has 0 bridgehead atoms. The SMILES string of the molecule is CC/C=C\C/C=C\C/C=C\C/C=C\C/C=C\CCCCCC(=O)OC(CO)COP(=O)(O)OCC(CO)OC(=O)CCCCCCCCCCCCCCCCCCC. The van der Waals surface area contributed by atoms with Gasteiger partial charge in [0.1, 0.15) is 12.2 Å². The molecule has 0 aromatic carbocycles. The molecule has 3 unspecified atom stereocenters. The Morgan fingerprint density at radius 1 is 0.475 bits per heavy atom. The highest BCUT2D eigenvalue weighted by Crippen LogP contribution is 2.43. The van der Waals surface area contributed by atoms with Crippen LogP contribution in [0.3, 0.4) is 0 Å². The zero-order chi connectivity index (χ0) is 43.3. The number of esters is 2. The van der Waals surface area contributed by atoms with E-state index in [-0.39, 0.29) is 12.8 Å². The number of ether oxygens (including phenoxy) is 2. The normalized spacial score (nSPS) is 14.3. The summed E-state index contributed by atoms with van der Waals surface area (Å²) in [6, 6.07) is 0. The lowest BCUT2D eigenvalue weighted by molar-refractivity contribution is -0.153. The largest absolute Gasteiger partial charge is 0.472 e. The van der Waals surface area contributed by atoms with Gasteiger partial charge < -0.3 is 24.6 Å². The number of aliphatic hydroxyl groups is 2. The van der Waals surface area contributed by atoms with Crippen LogP contribution in [0.15, 0.2) is 60.8 Å². The Balaban J connectivity index is 3.94. The van der Waals surface area contributed by atoms with Crippen molar-refractivity contribution in [2.45, 2.75) is 206 Å². The summed E-state index contributed by atoms with van der Waals surface area (Å²) in [4.78, 5) is 34.6. The Bertz CT molecular complexity index is 1160. The number of phosphoric acid groups is 1. The lowest BCUT2D eigenvalue weighted by atomic mass is 10.0. The van der Waals surface area contributed by atoms with Gasteiger partial charge in [0.2, 0.25) is 0 Å². The highest BCUT2D eigenvalue weighted by molar-refractivity contribution is 7.47. The quantitative estimate of drug-likeness (QED) is 0.0234. The van der Waals surface area contributed by atoms with Gasteiger partial charge in [-0.15, -0.1) is 0 Å². The van der Waals surface area contributed by atoms with Crippen molar-refractivity contribution in [3.8, 4) is 0 Å². The Morgan fingerprint density at radius 2 is 0.797 bits per heavy atom. The van der Waals surface area contributed by atoms with Gasteiger partial charge in [-0.1, -0.05) is 184 Å². The van der Waals surface area contributed by atoms with E-state index < -0.39 is 58.4 Å². The Hall–Kier alpha value is -2.33. The summed E-state index contributed by atoms with van der Waals surface area (Å²) >= 11 is 0. The van der Waals surface area contributed by atoms with Gasteiger partial charge in [-0.3, -0.25) is 18.6 Å². The van der Waals surface area contributed by atoms with E-state index in [2.05, 4.69) is 74.6 Å². The molecule has 0 heterocycles. The highest BCUT2D eigenvalue weighted by Gasteiger charge is 2.27. The molecule has 0 aliphatic carbocycles. The van der Waals surface area contributed by atoms with E-state index in [1.807, 2.05) is 0 Å². The van der Waals surface area contributed by atoms with E-state index in [9.17, 15) is 29.3 Å². The van der Waals surface area contributed by atoms with Crippen molar-refractivity contribution >= 4 is 19.8 Å². The maximum atomic E-state index is 12.4. The molecule has 0 aliphatic heterocycles. The van der Waals surface area contributed by atoms with Crippen LogP contribution in [0, 0.1) is 0 Å². The number of hydrogen-bond donors (Lipinski definition) is 3. The van der Waals surface area contributed by atoms with Crippen molar-refractivity contribution < 1.29 is 47.8 Å². The molecule has 0 amide bonds. The molecular weight excluding hydrogens is 767 g/mol. The molecule has 0 saturated heterocycles. The van der Waals surface area contributed by atoms with E-state index in [4.69, 9.17) is 18.5 Å². The minimum Gasteiger partial charge on any atom is -0.457 e. The number of hydrogen-bond acceptors (Lipinski definition) is 9. The van der Waals surface area contributed by atoms with E-state index >= 15 is 0 Å². The number of phosphoric ester groups is 1. The second-order valence-electron chi connectivity index (χ2n) is 15.4. The van der Waals surface area contributed by atoms with E-state index in [1.54, 1.807) is 0 Å². The number of carbonyl (C=O) groups is 2. The number of unbranched alkanes of at least 4 members (excludes halogenated alkanes) is 19. The summed E-state index contributed by atoms with van der Waals surface area (Å²) in [5.41, 5.74) is 0. The first-order chi connectivity index (χ1) is 28.8. The fraction of sp³-hybridized carbons (Fsp3) is 0.750. The van der Waals surface area contributed by atoms with Gasteiger partial charge in [0, 0.05) is 12.8 Å². The van der Waals surface area contributed by atoms with Gasteiger partial charge in [0.05, 0.1) is 26.4 Å². The second-order valence-corrected chi connectivity index (χ2v) is 16.8. The molecule has 0 fully saturated rings. The molecule has 11 heteroatoms. The second kappa shape index (κ2) is 43.7. The molecule has 342 valence electrons. The highest BCUT2D eigenvalue weighted by atomic mass is 31.2. The van der Waals surface area contributed by atoms with Crippen molar-refractivity contribution in [3.63, 3.8) is 0 Å². The van der Waals surface area contributed by atoms with Gasteiger partial charge in [-0.2, -0.15) is 0 Å². The van der Waals surface area contributed by atoms with Crippen LogP contribution in [-0.4, -0.2) is 65.7 Å². The van der Waals surface area contributed by atoms with Gasteiger partial charge in [0.25, 0.3) is 0 Å². The molecule has 0 aromatic heterocycles. The van der Waals surface area contributed by atoms with Crippen molar-refractivity contribution in [2.24, 2.45) is 0 Å². The van der Waals surface area contributed by atoms with Crippen LogP contribution in [0.25, 0.3) is 0 Å². The third kappa shape index (κ3) is 42.2. The molecule has 0 aromatic rings. The monoisotopic (exact) mass is 853 g/mol. The predicted octanol–water partition coefficient (Wildman–Crippen LogP) is 12.7. The summed E-state index contributed by atoms with van der Waals surface area (Å²) in [6.45, 7) is 2.07. The van der Waals surface area contributed by atoms with Gasteiger partial charge in [0.15, 0.2) is 0 Å². The van der Waals surface area contributed by atoms with Crippen molar-refractivity contribution in [1.82, 2.24) is 0 Å². The summed E-state index contributed by atoms with van der Waals surface area (Å²) in [5, 5.41) is 19.2. The maximum Gasteiger partial charge on any atom is 0.472 e. The minimum atomic E-state index is -4.65. The van der Waals surface area contributed by atoms with Crippen LogP contribution in [-0.2, 0) is 32.7 Å². The van der Waals surface area contributed by atoms with Crippen molar-refractivity contribution in [3.05, 3.63) is 60.8 Å². The Labute approximate surface area is 359 Å². The lowest BCUT2D eigenvalue weighted by Gasteiger charge is -2.20. The topological polar surface area (TPSA) is 149 Å². The van der Waals surface area contributed by atoms with Crippen molar-refractivity contribution in [2.75, 3.05) is 26.4 Å². The fourth-order valence-electron chi connectivity index (χ4n) is 6.20. The molecule has 10 nitrogen and oxygen atoms in total. The first-order valence-electron chi connectivity index (χ1n) is 23.2. The summed E-state index contributed by atoms with van der Waals surface area (Å²) in [6.07, 6.45) is 49.0. The average molecular weight is 853 g/mol. The van der Waals surface area contributed by atoms with Crippen LogP contribution in [0.4, 0.5) is 0 Å². The third-order valence-electron chi connectivity index (χ3n) is 9.74. The van der Waals surface area contributed by atoms with Gasteiger partial charge in [-0.25, -0.2) is 4.57 Å². The standard InChI is InChI=1S/C48H85O10P/c1-3-5-7-9-11-13-15-17-19-21-22-24-26-28-30-32-34-36-38-40-48(52)58-46(42-50)44-56-59(53,54)55-43-45(41-49)57-47(51)39-37-35-33-31-29-27-25-23-20-18-16-14-12-10-8-6-4-2/h5,7,11,13,17,19,22,24,28,30,45-46,49-50H,3-4,6,8-10,12,14-16,18,20-21,23,25-27,29,31-44H2,1-2H3,(H,53,54)/b7-5-,13-11-,19-17-,24-22-,30-28-. The Kier molecular flexibility index (Phi) is 42.0. The molecular formula is C48H85O10P. The lowest BCUT2D eigenvalue weighted by Crippen LogP contribution is -2.28. The summed E-state index contributed by atoms with van der Waals surface area (Å²) < 4.78 is 32.6. The number of carbonyl (C=O) groups excluding carboxylic acids is 2. The molecule has 3 N–H and O–H groups in total. The predicted molar refractivity (Wildman–Crippen MR) is 242 cm³/mol. The van der Waals surface area contributed by atoms with E-state index in [0.29, 0.717) is 12.8 Å². The number of allylic oxidation sites excluding steroid dienone is 10. The van der Waals surface area contributed by atoms with Crippen LogP contribution in [0.1, 0.15) is 194 Å². The van der Waals surface area contributed by atoms with Gasteiger partial charge in [-0.05, 0) is 57.8 Å². The molecule has 0 radical (unpaired) electrons. The minimum absolute atomic E-state index is 0.151. The van der Waals surface area contributed by atoms with Gasteiger partial charge >= 0.3 is 19.8 Å². The fourth-order valence-corrected chi connectivity index (χ4v) is 6.98. The van der Waals surface area contributed by atoms with Crippen LogP contribution >= 0.6 is 7.82 Å². The first-order valence-corrected chi connectivity index (χ1v) is 24.7. The molecule has 0 aliphatic rings. The summed E-state index contributed by atoms with van der Waals surface area (Å²) in [5.74, 6) is -1.05. The maximum absolute atomic E-state index is 12.4. The van der Waals surface area contributed by atoms with Crippen LogP contribution in [0.5, 0.6) is 0 Å². The van der Waals surface area contributed by atoms with Crippen molar-refractivity contribution in [1.29, 1.82) is 0 Å². The number of aliphatic hydroxyl groups excluding tert-OH is 2. The zero-order valence-electron chi connectivity index (χ0n) is 37.2. The summed E-state index contributed by atoms with van der Waals surface area (Å²) in [7, 11) is -4.65. The third-order valence-corrected chi connectivity index (χ3v) is 10.7. The molecule has 3 atom stereocenters. The molecule has 59 heavy (non-hydrogen) atoms. The molecule has 0 rings (SSSR count). The molecule has 0 saturated carbocycles. The number of rotatable bonds is 43. The average Bonchev–Trinajstić information content (AvgIpc) is 3.22. The Morgan fingerprint density at radius 3 is 1.15 bits per heavy atom. The first kappa shape index (κ1) is 56.7. The smallest absolute Gasteiger partial charge is 0.457 e. The van der Waals surface area contributed by atoms with Crippen LogP contribution in [0.2, 0.25) is 0 Å². The molecule has 0 spiro atoms. The van der Waals surface area contributed by atoms with Crippen LogP contribution < -0.4 is 0 Å². The zero-order valence-corrected chi connectivity index (χ0v) is 38.1.